The van der Waals surface area contributed by atoms with E-state index in [0.29, 0.717) is 6.54 Å². The highest BCUT2D eigenvalue weighted by Gasteiger charge is 2.37. The standard InChI is InChI=1S/C24H24N4/c1-3-22-21(9-11-28-22)23(27-4-2)17-6-5-7-20(12-17)24(16-25)13-18-8-10-26-15-19(18)14-24/h4-12,15,28H,1,13-14,16,25H2,2H3/b23-21-,27-4-. The molecule has 4 rings (SSSR count). The Morgan fingerprint density at radius 3 is 2.93 bits per heavy atom. The summed E-state index contributed by atoms with van der Waals surface area (Å²) in [5.41, 5.74) is 15.0. The van der Waals surface area contributed by atoms with Crippen LogP contribution in [0.4, 0.5) is 0 Å². The molecule has 1 aromatic carbocycles. The fraction of sp³-hybridized carbons (Fsp3) is 0.208. The van der Waals surface area contributed by atoms with Gasteiger partial charge in [0.15, 0.2) is 0 Å². The van der Waals surface area contributed by atoms with Crippen LogP contribution in [0.3, 0.4) is 0 Å². The molecular weight excluding hydrogens is 344 g/mol. The summed E-state index contributed by atoms with van der Waals surface area (Å²) in [4.78, 5) is 12.1. The molecule has 140 valence electrons. The zero-order valence-electron chi connectivity index (χ0n) is 16.1. The summed E-state index contributed by atoms with van der Waals surface area (Å²) >= 11 is 0. The molecule has 0 bridgehead atoms. The van der Waals surface area contributed by atoms with Crippen LogP contribution >= 0.6 is 0 Å². The highest BCUT2D eigenvalue weighted by atomic mass is 14.7. The van der Waals surface area contributed by atoms with E-state index in [1.54, 1.807) is 0 Å². The van der Waals surface area contributed by atoms with Crippen LogP contribution in [0.25, 0.3) is 11.4 Å². The van der Waals surface area contributed by atoms with Crippen molar-refractivity contribution in [2.24, 2.45) is 10.7 Å². The van der Waals surface area contributed by atoms with E-state index in [9.17, 15) is 0 Å². The number of pyridine rings is 1. The molecule has 3 aromatic rings. The fourth-order valence-electron chi connectivity index (χ4n) is 4.18. The maximum absolute atomic E-state index is 6.33. The Hall–Kier alpha value is -3.20. The van der Waals surface area contributed by atoms with Crippen LogP contribution in [-0.2, 0) is 18.3 Å². The molecule has 0 aliphatic heterocycles. The van der Waals surface area contributed by atoms with E-state index >= 15 is 0 Å². The largest absolute Gasteiger partial charge is 0.355 e. The summed E-state index contributed by atoms with van der Waals surface area (Å²) in [7, 11) is 0. The van der Waals surface area contributed by atoms with E-state index in [1.165, 1.54) is 16.7 Å². The molecule has 1 atom stereocenters. The number of nitrogens with zero attached hydrogens (tertiary/aromatic N) is 2. The number of aromatic amines is 1. The van der Waals surface area contributed by atoms with Gasteiger partial charge < -0.3 is 10.7 Å². The van der Waals surface area contributed by atoms with Crippen LogP contribution in [-0.4, -0.2) is 22.7 Å². The third-order valence-electron chi connectivity index (χ3n) is 5.64. The lowest BCUT2D eigenvalue weighted by atomic mass is 9.77. The number of hydrogen-bond acceptors (Lipinski definition) is 3. The maximum atomic E-state index is 6.33. The van der Waals surface area contributed by atoms with Gasteiger partial charge in [0, 0.05) is 47.5 Å². The van der Waals surface area contributed by atoms with Crippen LogP contribution in [0.5, 0.6) is 0 Å². The van der Waals surface area contributed by atoms with Crippen molar-refractivity contribution in [3.63, 3.8) is 0 Å². The van der Waals surface area contributed by atoms with Crippen molar-refractivity contribution < 1.29 is 0 Å². The molecule has 4 heteroatoms. The van der Waals surface area contributed by atoms with Crippen molar-refractivity contribution in [3.8, 4) is 0 Å². The Kier molecular flexibility index (Phi) is 4.82. The first kappa shape index (κ1) is 18.2. The number of rotatable bonds is 4. The summed E-state index contributed by atoms with van der Waals surface area (Å²) in [6.45, 7) is 6.30. The first-order valence-electron chi connectivity index (χ1n) is 9.50. The second kappa shape index (κ2) is 7.43. The van der Waals surface area contributed by atoms with E-state index in [0.717, 1.165) is 34.7 Å². The molecule has 0 fully saturated rings. The highest BCUT2D eigenvalue weighted by molar-refractivity contribution is 5.73. The number of aromatic nitrogens is 2. The van der Waals surface area contributed by atoms with Crippen molar-refractivity contribution >= 4 is 17.6 Å². The van der Waals surface area contributed by atoms with Gasteiger partial charge in [0.2, 0.25) is 0 Å². The van der Waals surface area contributed by atoms with Crippen LogP contribution in [0.15, 0.2) is 66.6 Å². The van der Waals surface area contributed by atoms with Gasteiger partial charge in [0.1, 0.15) is 0 Å². The van der Waals surface area contributed by atoms with Gasteiger partial charge in [-0.25, -0.2) is 0 Å². The van der Waals surface area contributed by atoms with Crippen LogP contribution < -0.4 is 16.3 Å². The van der Waals surface area contributed by atoms with Crippen LogP contribution in [0.2, 0.25) is 0 Å². The topological polar surface area (TPSA) is 67.1 Å². The predicted octanol–water partition coefficient (Wildman–Crippen LogP) is 2.22. The van der Waals surface area contributed by atoms with Crippen LogP contribution in [0, 0.1) is 0 Å². The molecule has 0 saturated heterocycles. The monoisotopic (exact) mass is 368 g/mol. The van der Waals surface area contributed by atoms with Gasteiger partial charge in [-0.05, 0) is 54.7 Å². The second-order valence-corrected chi connectivity index (χ2v) is 7.24. The van der Waals surface area contributed by atoms with Crippen molar-refractivity contribution in [2.45, 2.75) is 25.2 Å². The average Bonchev–Trinajstić information content (AvgIpc) is 3.36. The van der Waals surface area contributed by atoms with E-state index in [-0.39, 0.29) is 5.41 Å². The summed E-state index contributed by atoms with van der Waals surface area (Å²) in [6.07, 6.45) is 9.40. The van der Waals surface area contributed by atoms with Crippen molar-refractivity contribution in [1.82, 2.24) is 9.97 Å². The summed E-state index contributed by atoms with van der Waals surface area (Å²) in [6, 6.07) is 12.7. The lowest BCUT2D eigenvalue weighted by Crippen LogP contribution is -2.36. The maximum Gasteiger partial charge on any atom is 0.0903 e. The summed E-state index contributed by atoms with van der Waals surface area (Å²) < 4.78 is 0. The Morgan fingerprint density at radius 1 is 1.32 bits per heavy atom. The molecule has 1 aliphatic rings. The van der Waals surface area contributed by atoms with Gasteiger partial charge in [-0.3, -0.25) is 9.98 Å². The Balaban J connectivity index is 1.87. The van der Waals surface area contributed by atoms with Crippen LogP contribution in [0.1, 0.15) is 29.2 Å². The van der Waals surface area contributed by atoms with E-state index in [2.05, 4.69) is 57.6 Å². The van der Waals surface area contributed by atoms with Crippen molar-refractivity contribution in [1.29, 1.82) is 0 Å². The zero-order valence-corrected chi connectivity index (χ0v) is 16.1. The Labute approximate surface area is 164 Å². The molecule has 1 aliphatic carbocycles. The fourth-order valence-corrected chi connectivity index (χ4v) is 4.18. The molecule has 2 heterocycles. The molecule has 0 saturated carbocycles. The molecule has 0 spiro atoms. The van der Waals surface area contributed by atoms with Gasteiger partial charge in [0.25, 0.3) is 0 Å². The van der Waals surface area contributed by atoms with E-state index in [4.69, 9.17) is 5.73 Å². The number of aliphatic imine (C=N–C) groups is 1. The summed E-state index contributed by atoms with van der Waals surface area (Å²) in [5.74, 6) is 0. The summed E-state index contributed by atoms with van der Waals surface area (Å²) in [5, 5.41) is 1.84. The molecule has 3 N–H and O–H groups in total. The first-order valence-corrected chi connectivity index (χ1v) is 9.50. The van der Waals surface area contributed by atoms with Crippen molar-refractivity contribution in [2.75, 3.05) is 6.54 Å². The number of nitrogens with one attached hydrogen (secondary N) is 1. The smallest absolute Gasteiger partial charge is 0.0903 e. The number of nitrogens with two attached hydrogens (primary N) is 1. The molecule has 0 amide bonds. The molecule has 2 aromatic heterocycles. The molecular formula is C24H24N4. The van der Waals surface area contributed by atoms with Gasteiger partial charge in [0.05, 0.1) is 11.0 Å². The van der Waals surface area contributed by atoms with E-state index < -0.39 is 0 Å². The minimum atomic E-state index is -0.103. The quantitative estimate of drug-likeness (QED) is 0.694. The zero-order chi connectivity index (χ0) is 19.6. The second-order valence-electron chi connectivity index (χ2n) is 7.24. The van der Waals surface area contributed by atoms with Gasteiger partial charge >= 0.3 is 0 Å². The number of fused-ring (bicyclic) bond motifs is 1. The SMILES string of the molecule is C=C=c1[nH]cc/c1=C(/N=C\C)c1cccc(C2(CN)Cc3ccncc3C2)c1. The van der Waals surface area contributed by atoms with Crippen molar-refractivity contribution in [3.05, 3.63) is 94.4 Å². The predicted molar refractivity (Wildman–Crippen MR) is 115 cm³/mol. The first-order chi connectivity index (χ1) is 13.7. The van der Waals surface area contributed by atoms with Gasteiger partial charge in [-0.1, -0.05) is 24.8 Å². The minimum absolute atomic E-state index is 0.103. The molecule has 1 unspecified atom stereocenters. The minimum Gasteiger partial charge on any atom is -0.355 e. The third-order valence-corrected chi connectivity index (χ3v) is 5.64. The highest BCUT2D eigenvalue weighted by Crippen LogP contribution is 2.39. The molecule has 0 radical (unpaired) electrons. The Bertz CT molecular complexity index is 1150. The van der Waals surface area contributed by atoms with Gasteiger partial charge in [-0.2, -0.15) is 0 Å². The molecule has 4 nitrogen and oxygen atoms in total. The number of H-pyrrole nitrogens is 1. The van der Waals surface area contributed by atoms with Gasteiger partial charge in [-0.15, -0.1) is 5.73 Å². The normalized spacial score (nSPS) is 19.5. The lowest BCUT2D eigenvalue weighted by molar-refractivity contribution is 0.463. The van der Waals surface area contributed by atoms with E-state index in [1.807, 2.05) is 37.8 Å². The third kappa shape index (κ3) is 3.03. The number of hydrogen-bond donors (Lipinski definition) is 2. The lowest BCUT2D eigenvalue weighted by Gasteiger charge is -2.28. The number of benzene rings is 1. The Morgan fingerprint density at radius 2 is 2.18 bits per heavy atom. The average molecular weight is 368 g/mol. The molecule has 28 heavy (non-hydrogen) atoms.